The Hall–Kier alpha value is -0.760. The van der Waals surface area contributed by atoms with E-state index < -0.39 is 0 Å². The Morgan fingerprint density at radius 3 is 2.80 bits per heavy atom. The van der Waals surface area contributed by atoms with Crippen molar-refractivity contribution in [3.63, 3.8) is 0 Å². The molecule has 0 unspecified atom stereocenters. The van der Waals surface area contributed by atoms with Crippen molar-refractivity contribution in [1.29, 1.82) is 0 Å². The van der Waals surface area contributed by atoms with Crippen LogP contribution in [0.3, 0.4) is 0 Å². The zero-order chi connectivity index (χ0) is 7.56. The zero-order valence-corrected chi connectivity index (χ0v) is 6.29. The van der Waals surface area contributed by atoms with Crippen LogP contribution in [0.1, 0.15) is 18.2 Å². The number of aliphatic hydroxyl groups excluding tert-OH is 1. The molecule has 1 rings (SSSR count). The van der Waals surface area contributed by atoms with Crippen molar-refractivity contribution in [1.82, 2.24) is 0 Å². The summed E-state index contributed by atoms with van der Waals surface area (Å²) in [5.41, 5.74) is 1.11. The lowest BCUT2D eigenvalue weighted by Crippen LogP contribution is -2.03. The van der Waals surface area contributed by atoms with E-state index in [9.17, 15) is 0 Å². The third kappa shape index (κ3) is 1.61. The maximum absolute atomic E-state index is 8.99. The first-order valence-corrected chi connectivity index (χ1v) is 3.41. The molecule has 0 aromatic carbocycles. The van der Waals surface area contributed by atoms with Crippen LogP contribution >= 0.6 is 0 Å². The van der Waals surface area contributed by atoms with E-state index >= 15 is 0 Å². The van der Waals surface area contributed by atoms with Crippen molar-refractivity contribution in [2.24, 2.45) is 0 Å². The van der Waals surface area contributed by atoms with Crippen LogP contribution in [-0.4, -0.2) is 11.2 Å². The van der Waals surface area contributed by atoms with Gasteiger partial charge < -0.3 is 9.52 Å². The highest BCUT2D eigenvalue weighted by Gasteiger charge is 2.04. The number of hydrogen-bond donors (Lipinski definition) is 1. The lowest BCUT2D eigenvalue weighted by atomic mass is 10.2. The van der Waals surface area contributed by atoms with Crippen LogP contribution in [0.15, 0.2) is 16.7 Å². The molecular formula is C8H12O2. The summed E-state index contributed by atoms with van der Waals surface area (Å²) in [6, 6.07) is 1.90. The fraction of sp³-hybridized carbons (Fsp3) is 0.500. The minimum absolute atomic E-state index is 0.315. The molecule has 0 spiro atoms. The highest BCUT2D eigenvalue weighted by molar-refractivity contribution is 5.14. The maximum Gasteiger partial charge on any atom is 0.109 e. The van der Waals surface area contributed by atoms with Crippen LogP contribution in [0.2, 0.25) is 0 Å². The van der Waals surface area contributed by atoms with Crippen molar-refractivity contribution >= 4 is 0 Å². The summed E-state index contributed by atoms with van der Waals surface area (Å²) in [6.07, 6.45) is 1.94. The first-order chi connectivity index (χ1) is 4.70. The molecule has 0 fully saturated rings. The van der Waals surface area contributed by atoms with E-state index in [0.717, 1.165) is 11.3 Å². The van der Waals surface area contributed by atoms with Gasteiger partial charge in [-0.25, -0.2) is 0 Å². The predicted octanol–water partition coefficient (Wildman–Crippen LogP) is 1.51. The van der Waals surface area contributed by atoms with E-state index in [0.29, 0.717) is 6.42 Å². The zero-order valence-electron chi connectivity index (χ0n) is 6.29. The minimum Gasteiger partial charge on any atom is -0.469 e. The molecule has 0 amide bonds. The Bertz CT molecular complexity index is 201. The second kappa shape index (κ2) is 2.88. The summed E-state index contributed by atoms with van der Waals surface area (Å²) in [5.74, 6) is 0.884. The van der Waals surface area contributed by atoms with Crippen LogP contribution in [0.25, 0.3) is 0 Å². The van der Waals surface area contributed by atoms with Crippen molar-refractivity contribution in [3.05, 3.63) is 23.7 Å². The molecular weight excluding hydrogens is 128 g/mol. The third-order valence-corrected chi connectivity index (χ3v) is 1.45. The summed E-state index contributed by atoms with van der Waals surface area (Å²) in [4.78, 5) is 0. The number of hydrogen-bond acceptors (Lipinski definition) is 2. The van der Waals surface area contributed by atoms with Crippen molar-refractivity contribution < 1.29 is 9.52 Å². The highest BCUT2D eigenvalue weighted by atomic mass is 16.3. The summed E-state index contributed by atoms with van der Waals surface area (Å²) in [7, 11) is 0. The molecule has 0 aliphatic rings. The van der Waals surface area contributed by atoms with Crippen LogP contribution in [-0.2, 0) is 6.42 Å². The number of aliphatic hydroxyl groups is 1. The fourth-order valence-corrected chi connectivity index (χ4v) is 0.882. The molecule has 1 heterocycles. The van der Waals surface area contributed by atoms with Gasteiger partial charge in [0.05, 0.1) is 12.4 Å². The predicted molar refractivity (Wildman–Crippen MR) is 38.8 cm³/mol. The Kier molecular flexibility index (Phi) is 2.12. The largest absolute Gasteiger partial charge is 0.469 e. The van der Waals surface area contributed by atoms with Crippen molar-refractivity contribution in [3.8, 4) is 0 Å². The van der Waals surface area contributed by atoms with E-state index in [-0.39, 0.29) is 6.10 Å². The number of aryl methyl sites for hydroxylation is 1. The second-order valence-electron chi connectivity index (χ2n) is 2.58. The van der Waals surface area contributed by atoms with Crippen molar-refractivity contribution in [2.45, 2.75) is 26.4 Å². The molecule has 0 radical (unpaired) electrons. The SMILES string of the molecule is Cc1ccoc1C[C@@H](C)O. The van der Waals surface area contributed by atoms with Gasteiger partial charge in [-0.3, -0.25) is 0 Å². The lowest BCUT2D eigenvalue weighted by Gasteiger charge is -2.00. The van der Waals surface area contributed by atoms with Crippen LogP contribution in [0.5, 0.6) is 0 Å². The second-order valence-corrected chi connectivity index (χ2v) is 2.58. The van der Waals surface area contributed by atoms with Gasteiger partial charge in [0.1, 0.15) is 5.76 Å². The summed E-state index contributed by atoms with van der Waals surface area (Å²) < 4.78 is 5.12. The molecule has 1 aromatic rings. The van der Waals surface area contributed by atoms with Gasteiger partial charge in [0.15, 0.2) is 0 Å². The monoisotopic (exact) mass is 140 g/mol. The number of furan rings is 1. The summed E-state index contributed by atoms with van der Waals surface area (Å²) in [5, 5.41) is 8.99. The van der Waals surface area contributed by atoms with Gasteiger partial charge in [-0.05, 0) is 25.5 Å². The van der Waals surface area contributed by atoms with Gasteiger partial charge in [0.25, 0.3) is 0 Å². The van der Waals surface area contributed by atoms with Gasteiger partial charge >= 0.3 is 0 Å². The molecule has 0 saturated heterocycles. The normalized spacial score (nSPS) is 13.5. The molecule has 0 saturated carbocycles. The van der Waals surface area contributed by atoms with Gasteiger partial charge in [-0.15, -0.1) is 0 Å². The van der Waals surface area contributed by atoms with Crippen LogP contribution in [0.4, 0.5) is 0 Å². The molecule has 1 aromatic heterocycles. The Morgan fingerprint density at radius 1 is 1.70 bits per heavy atom. The van der Waals surface area contributed by atoms with Crippen LogP contribution in [0, 0.1) is 6.92 Å². The fourth-order valence-electron chi connectivity index (χ4n) is 0.882. The third-order valence-electron chi connectivity index (χ3n) is 1.45. The topological polar surface area (TPSA) is 33.4 Å². The van der Waals surface area contributed by atoms with Crippen LogP contribution < -0.4 is 0 Å². The first kappa shape index (κ1) is 7.35. The molecule has 10 heavy (non-hydrogen) atoms. The van der Waals surface area contributed by atoms with E-state index in [2.05, 4.69) is 0 Å². The molecule has 0 bridgehead atoms. The average molecular weight is 140 g/mol. The number of rotatable bonds is 2. The standard InChI is InChI=1S/C8H12O2/c1-6-3-4-10-8(6)5-7(2)9/h3-4,7,9H,5H2,1-2H3/t7-/m1/s1. The van der Waals surface area contributed by atoms with Crippen molar-refractivity contribution in [2.75, 3.05) is 0 Å². The summed E-state index contributed by atoms with van der Waals surface area (Å²) >= 11 is 0. The molecule has 1 N–H and O–H groups in total. The summed E-state index contributed by atoms with van der Waals surface area (Å²) in [6.45, 7) is 3.73. The Morgan fingerprint density at radius 2 is 2.40 bits per heavy atom. The first-order valence-electron chi connectivity index (χ1n) is 3.41. The molecule has 2 nitrogen and oxygen atoms in total. The van der Waals surface area contributed by atoms with E-state index in [1.54, 1.807) is 13.2 Å². The molecule has 56 valence electrons. The lowest BCUT2D eigenvalue weighted by molar-refractivity contribution is 0.187. The molecule has 2 heteroatoms. The van der Waals surface area contributed by atoms with Gasteiger partial charge in [0.2, 0.25) is 0 Å². The van der Waals surface area contributed by atoms with Gasteiger partial charge in [0, 0.05) is 6.42 Å². The Balaban J connectivity index is 2.65. The quantitative estimate of drug-likeness (QED) is 0.675. The van der Waals surface area contributed by atoms with Gasteiger partial charge in [-0.1, -0.05) is 0 Å². The minimum atomic E-state index is -0.315. The smallest absolute Gasteiger partial charge is 0.109 e. The molecule has 1 atom stereocenters. The van der Waals surface area contributed by atoms with E-state index in [4.69, 9.17) is 9.52 Å². The average Bonchev–Trinajstić information content (AvgIpc) is 2.15. The molecule has 0 aliphatic heterocycles. The van der Waals surface area contributed by atoms with E-state index in [1.807, 2.05) is 13.0 Å². The Labute approximate surface area is 60.5 Å². The maximum atomic E-state index is 8.99. The highest BCUT2D eigenvalue weighted by Crippen LogP contribution is 2.10. The van der Waals surface area contributed by atoms with Gasteiger partial charge in [-0.2, -0.15) is 0 Å². The molecule has 0 aliphatic carbocycles. The van der Waals surface area contributed by atoms with E-state index in [1.165, 1.54) is 0 Å².